The molecule has 2 N–H and O–H groups in total. The number of carbonyl (C=O) groups is 1. The molecule has 1 saturated heterocycles. The molecule has 5 heteroatoms. The summed E-state index contributed by atoms with van der Waals surface area (Å²) in [4.78, 5) is 14.8. The van der Waals surface area contributed by atoms with E-state index in [1.54, 1.807) is 12.1 Å². The number of hydrogen-bond acceptors (Lipinski definition) is 3. The van der Waals surface area contributed by atoms with Crippen LogP contribution in [-0.4, -0.2) is 41.7 Å². The topological polar surface area (TPSA) is 52.6 Å². The molecule has 1 unspecified atom stereocenters. The van der Waals surface area contributed by atoms with Crippen molar-refractivity contribution in [3.63, 3.8) is 0 Å². The molecular weight excluding hydrogens is 307 g/mol. The Hall–Kier alpha value is -1.46. The van der Waals surface area contributed by atoms with Crippen LogP contribution in [0.3, 0.4) is 0 Å². The maximum absolute atomic E-state index is 13.0. The lowest BCUT2D eigenvalue weighted by Crippen LogP contribution is -2.50. The van der Waals surface area contributed by atoms with Gasteiger partial charge in [0.2, 0.25) is 5.91 Å². The molecule has 1 aliphatic heterocycles. The second-order valence-electron chi connectivity index (χ2n) is 7.46. The van der Waals surface area contributed by atoms with Crippen molar-refractivity contribution in [1.29, 1.82) is 0 Å². The zero-order valence-corrected chi connectivity index (χ0v) is 14.7. The maximum atomic E-state index is 13.0. The summed E-state index contributed by atoms with van der Waals surface area (Å²) >= 11 is 0. The molecule has 1 aromatic rings. The van der Waals surface area contributed by atoms with Crippen LogP contribution in [0.1, 0.15) is 45.1 Å². The van der Waals surface area contributed by atoms with E-state index in [9.17, 15) is 9.18 Å². The lowest BCUT2D eigenvalue weighted by Gasteiger charge is -2.35. The van der Waals surface area contributed by atoms with Crippen molar-refractivity contribution in [2.75, 3.05) is 19.7 Å². The van der Waals surface area contributed by atoms with E-state index in [-0.39, 0.29) is 29.8 Å². The molecule has 1 amide bonds. The third-order valence-corrected chi connectivity index (χ3v) is 4.74. The molecule has 0 radical (unpaired) electrons. The predicted molar refractivity (Wildman–Crippen MR) is 92.9 cm³/mol. The lowest BCUT2D eigenvalue weighted by atomic mass is 9.89. The summed E-state index contributed by atoms with van der Waals surface area (Å²) < 4.78 is 13.0. The largest absolute Gasteiger partial charge is 0.396 e. The molecule has 1 atom stereocenters. The number of carbonyl (C=O) groups excluding carboxylic acids is 1. The zero-order chi connectivity index (χ0) is 17.6. The summed E-state index contributed by atoms with van der Waals surface area (Å²) in [6.07, 6.45) is 3.66. The summed E-state index contributed by atoms with van der Waals surface area (Å²) in [5.74, 6) is -0.180. The number of aliphatic hydroxyl groups is 1. The minimum Gasteiger partial charge on any atom is -0.396 e. The highest BCUT2D eigenvalue weighted by Crippen LogP contribution is 2.22. The lowest BCUT2D eigenvalue weighted by molar-refractivity contribution is -0.128. The minimum atomic E-state index is -0.238. The molecule has 2 rings (SSSR count). The number of amides is 1. The normalized spacial score (nSPS) is 19.2. The van der Waals surface area contributed by atoms with E-state index in [0.29, 0.717) is 19.5 Å². The zero-order valence-electron chi connectivity index (χ0n) is 14.7. The highest BCUT2D eigenvalue weighted by Gasteiger charge is 2.29. The molecule has 0 aliphatic carbocycles. The summed E-state index contributed by atoms with van der Waals surface area (Å²) in [7, 11) is 0. The first kappa shape index (κ1) is 18.9. The minimum absolute atomic E-state index is 0.0582. The SMILES string of the molecule is CC(C)(CCO)CNC(=O)C1CCCCN1Cc1ccc(F)cc1. The van der Waals surface area contributed by atoms with Crippen molar-refractivity contribution < 1.29 is 14.3 Å². The number of nitrogens with zero attached hydrogens (tertiary/aromatic N) is 1. The van der Waals surface area contributed by atoms with Gasteiger partial charge in [0.1, 0.15) is 5.82 Å². The molecule has 1 aromatic carbocycles. The maximum Gasteiger partial charge on any atom is 0.237 e. The van der Waals surface area contributed by atoms with Gasteiger partial charge >= 0.3 is 0 Å². The standard InChI is InChI=1S/C19H29FN2O2/c1-19(2,10-12-23)14-21-18(24)17-5-3-4-11-22(17)13-15-6-8-16(20)9-7-15/h6-9,17,23H,3-5,10-14H2,1-2H3,(H,21,24). The van der Waals surface area contributed by atoms with Gasteiger partial charge in [0.15, 0.2) is 0 Å². The van der Waals surface area contributed by atoms with E-state index in [4.69, 9.17) is 5.11 Å². The number of rotatable bonds is 7. The Morgan fingerprint density at radius 1 is 1.33 bits per heavy atom. The number of hydrogen-bond donors (Lipinski definition) is 2. The monoisotopic (exact) mass is 336 g/mol. The van der Waals surface area contributed by atoms with E-state index in [2.05, 4.69) is 10.2 Å². The van der Waals surface area contributed by atoms with Crippen LogP contribution < -0.4 is 5.32 Å². The second kappa shape index (κ2) is 8.58. The van der Waals surface area contributed by atoms with Crippen molar-refractivity contribution in [1.82, 2.24) is 10.2 Å². The van der Waals surface area contributed by atoms with Crippen LogP contribution in [-0.2, 0) is 11.3 Å². The van der Waals surface area contributed by atoms with Gasteiger partial charge in [-0.2, -0.15) is 0 Å². The van der Waals surface area contributed by atoms with Gasteiger partial charge in [0, 0.05) is 19.7 Å². The molecule has 0 bridgehead atoms. The van der Waals surface area contributed by atoms with Gasteiger partial charge in [-0.15, -0.1) is 0 Å². The fourth-order valence-corrected chi connectivity index (χ4v) is 3.14. The second-order valence-corrected chi connectivity index (χ2v) is 7.46. The van der Waals surface area contributed by atoms with Crippen LogP contribution in [0.2, 0.25) is 0 Å². The van der Waals surface area contributed by atoms with E-state index in [1.165, 1.54) is 12.1 Å². The molecule has 1 fully saturated rings. The first-order valence-electron chi connectivity index (χ1n) is 8.78. The Morgan fingerprint density at radius 3 is 2.71 bits per heavy atom. The van der Waals surface area contributed by atoms with Gasteiger partial charge in [0.25, 0.3) is 0 Å². The van der Waals surface area contributed by atoms with Crippen LogP contribution in [0, 0.1) is 11.2 Å². The predicted octanol–water partition coefficient (Wildman–Crippen LogP) is 2.71. The van der Waals surface area contributed by atoms with Gasteiger partial charge in [-0.1, -0.05) is 32.4 Å². The Kier molecular flexibility index (Phi) is 6.75. The molecule has 134 valence electrons. The number of nitrogens with one attached hydrogen (secondary N) is 1. The highest BCUT2D eigenvalue weighted by molar-refractivity contribution is 5.81. The third-order valence-electron chi connectivity index (χ3n) is 4.74. The van der Waals surface area contributed by atoms with Crippen molar-refractivity contribution in [2.24, 2.45) is 5.41 Å². The highest BCUT2D eigenvalue weighted by atomic mass is 19.1. The first-order valence-corrected chi connectivity index (χ1v) is 8.78. The van der Waals surface area contributed by atoms with Crippen LogP contribution >= 0.6 is 0 Å². The summed E-state index contributed by atoms with van der Waals surface area (Å²) in [6, 6.07) is 6.36. The Labute approximate surface area is 144 Å². The van der Waals surface area contributed by atoms with Crippen LogP contribution in [0.15, 0.2) is 24.3 Å². The average molecular weight is 336 g/mol. The van der Waals surface area contributed by atoms with Crippen LogP contribution in [0.25, 0.3) is 0 Å². The molecule has 24 heavy (non-hydrogen) atoms. The van der Waals surface area contributed by atoms with Gasteiger partial charge in [-0.25, -0.2) is 4.39 Å². The fraction of sp³-hybridized carbons (Fsp3) is 0.632. The van der Waals surface area contributed by atoms with Crippen molar-refractivity contribution in [3.8, 4) is 0 Å². The number of piperidine rings is 1. The van der Waals surface area contributed by atoms with E-state index >= 15 is 0 Å². The molecule has 0 saturated carbocycles. The van der Waals surface area contributed by atoms with Gasteiger partial charge in [0.05, 0.1) is 6.04 Å². The van der Waals surface area contributed by atoms with Crippen LogP contribution in [0.5, 0.6) is 0 Å². The van der Waals surface area contributed by atoms with Gasteiger partial charge < -0.3 is 10.4 Å². The van der Waals surface area contributed by atoms with Gasteiger partial charge in [-0.3, -0.25) is 9.69 Å². The number of benzene rings is 1. The molecule has 0 spiro atoms. The van der Waals surface area contributed by atoms with Crippen LogP contribution in [0.4, 0.5) is 4.39 Å². The first-order chi connectivity index (χ1) is 11.4. The summed E-state index contributed by atoms with van der Waals surface area (Å²) in [6.45, 7) is 6.32. The van der Waals surface area contributed by atoms with Gasteiger partial charge in [-0.05, 0) is 48.9 Å². The fourth-order valence-electron chi connectivity index (χ4n) is 3.14. The third kappa shape index (κ3) is 5.56. The molecule has 1 heterocycles. The molecular formula is C19H29FN2O2. The van der Waals surface area contributed by atoms with Crippen molar-refractivity contribution in [2.45, 2.75) is 52.1 Å². The quantitative estimate of drug-likeness (QED) is 0.805. The van der Waals surface area contributed by atoms with E-state index in [1.807, 2.05) is 13.8 Å². The summed E-state index contributed by atoms with van der Waals surface area (Å²) in [5, 5.41) is 12.1. The van der Waals surface area contributed by atoms with E-state index < -0.39 is 0 Å². The molecule has 1 aliphatic rings. The Morgan fingerprint density at radius 2 is 2.04 bits per heavy atom. The Balaban J connectivity index is 1.95. The number of likely N-dealkylation sites (tertiary alicyclic amines) is 1. The smallest absolute Gasteiger partial charge is 0.237 e. The Bertz CT molecular complexity index is 531. The summed E-state index contributed by atoms with van der Waals surface area (Å²) in [5.41, 5.74) is 0.914. The van der Waals surface area contributed by atoms with Crippen molar-refractivity contribution >= 4 is 5.91 Å². The van der Waals surface area contributed by atoms with Crippen molar-refractivity contribution in [3.05, 3.63) is 35.6 Å². The molecule has 4 nitrogen and oxygen atoms in total. The number of halogens is 1. The number of aliphatic hydroxyl groups excluding tert-OH is 1. The van der Waals surface area contributed by atoms with E-state index in [0.717, 1.165) is 31.4 Å². The average Bonchev–Trinajstić information content (AvgIpc) is 2.55. The molecule has 0 aromatic heterocycles.